The van der Waals surface area contributed by atoms with Gasteiger partial charge in [0, 0.05) is 11.1 Å². The molecule has 0 fully saturated rings. The number of fused-ring (bicyclic) bond motifs is 1. The SMILES string of the molecule is Cc1noc(=O)c2ccc(NC(=O)C(C)(O)CC(C)(C)C)cc12. The lowest BCUT2D eigenvalue weighted by Gasteiger charge is -2.29. The Bertz CT molecular complexity index is 800. The van der Waals surface area contributed by atoms with Gasteiger partial charge in [0.15, 0.2) is 0 Å². The van der Waals surface area contributed by atoms with Crippen LogP contribution < -0.4 is 10.9 Å². The van der Waals surface area contributed by atoms with Crippen LogP contribution in [0, 0.1) is 12.3 Å². The average Bonchev–Trinajstić information content (AvgIpc) is 2.40. The number of carbonyl (C=O) groups excluding carboxylic acids is 1. The molecule has 6 nitrogen and oxygen atoms in total. The van der Waals surface area contributed by atoms with Crippen molar-refractivity contribution in [3.05, 3.63) is 34.3 Å². The predicted octanol–water partition coefficient (Wildman–Crippen LogP) is 2.62. The van der Waals surface area contributed by atoms with Gasteiger partial charge in [-0.25, -0.2) is 4.79 Å². The third kappa shape index (κ3) is 3.96. The van der Waals surface area contributed by atoms with Crippen LogP contribution in [0.2, 0.25) is 0 Å². The number of carbonyl (C=O) groups is 1. The second-order valence-electron chi connectivity index (χ2n) is 7.28. The summed E-state index contributed by atoms with van der Waals surface area (Å²) in [4.78, 5) is 24.0. The zero-order valence-electron chi connectivity index (χ0n) is 14.1. The highest BCUT2D eigenvalue weighted by molar-refractivity contribution is 5.98. The molecule has 6 heteroatoms. The first-order chi connectivity index (χ1) is 10.5. The van der Waals surface area contributed by atoms with Crippen LogP contribution in [0.25, 0.3) is 10.8 Å². The van der Waals surface area contributed by atoms with Crippen LogP contribution in [-0.2, 0) is 4.79 Å². The number of aliphatic hydroxyl groups is 1. The number of aromatic nitrogens is 1. The predicted molar refractivity (Wildman–Crippen MR) is 88.3 cm³/mol. The highest BCUT2D eigenvalue weighted by atomic mass is 16.5. The van der Waals surface area contributed by atoms with E-state index in [9.17, 15) is 14.7 Å². The van der Waals surface area contributed by atoms with Crippen LogP contribution in [0.15, 0.2) is 27.5 Å². The Balaban J connectivity index is 2.30. The lowest BCUT2D eigenvalue weighted by Crippen LogP contribution is -2.42. The smallest absolute Gasteiger partial charge is 0.366 e. The Morgan fingerprint density at radius 3 is 2.52 bits per heavy atom. The normalized spacial score (nSPS) is 14.5. The minimum atomic E-state index is -1.49. The van der Waals surface area contributed by atoms with Gasteiger partial charge in [-0.3, -0.25) is 4.79 Å². The van der Waals surface area contributed by atoms with E-state index >= 15 is 0 Å². The van der Waals surface area contributed by atoms with Gasteiger partial charge in [-0.05, 0) is 43.9 Å². The minimum Gasteiger partial charge on any atom is -0.380 e. The van der Waals surface area contributed by atoms with Gasteiger partial charge in [0.25, 0.3) is 5.91 Å². The first-order valence-electron chi connectivity index (χ1n) is 7.44. The van der Waals surface area contributed by atoms with Crippen molar-refractivity contribution in [3.8, 4) is 0 Å². The molecule has 0 radical (unpaired) electrons. The third-order valence-electron chi connectivity index (χ3n) is 3.52. The lowest BCUT2D eigenvalue weighted by atomic mass is 9.82. The fourth-order valence-electron chi connectivity index (χ4n) is 2.69. The number of hydrogen-bond donors (Lipinski definition) is 2. The van der Waals surface area contributed by atoms with Gasteiger partial charge >= 0.3 is 5.63 Å². The Hall–Kier alpha value is -2.21. The van der Waals surface area contributed by atoms with E-state index < -0.39 is 17.1 Å². The molecule has 0 saturated heterocycles. The summed E-state index contributed by atoms with van der Waals surface area (Å²) in [7, 11) is 0. The second kappa shape index (κ2) is 5.77. The first kappa shape index (κ1) is 17.1. The van der Waals surface area contributed by atoms with E-state index in [0.29, 0.717) is 28.6 Å². The zero-order valence-corrected chi connectivity index (χ0v) is 14.1. The summed E-state index contributed by atoms with van der Waals surface area (Å²) in [5, 5.41) is 17.8. The first-order valence-corrected chi connectivity index (χ1v) is 7.44. The Morgan fingerprint density at radius 1 is 1.26 bits per heavy atom. The van der Waals surface area contributed by atoms with Gasteiger partial charge in [0.2, 0.25) is 0 Å². The molecule has 0 aliphatic rings. The summed E-state index contributed by atoms with van der Waals surface area (Å²) < 4.78 is 4.67. The lowest BCUT2D eigenvalue weighted by molar-refractivity contribution is -0.135. The van der Waals surface area contributed by atoms with Gasteiger partial charge in [-0.1, -0.05) is 25.9 Å². The van der Waals surface area contributed by atoms with Crippen molar-refractivity contribution in [1.29, 1.82) is 0 Å². The maximum Gasteiger partial charge on any atom is 0.366 e. The van der Waals surface area contributed by atoms with Crippen LogP contribution in [0.1, 0.15) is 39.8 Å². The summed E-state index contributed by atoms with van der Waals surface area (Å²) in [6.07, 6.45) is 0.323. The number of anilines is 1. The Kier molecular flexibility index (Phi) is 4.30. The van der Waals surface area contributed by atoms with Crippen molar-refractivity contribution in [2.45, 2.75) is 46.6 Å². The van der Waals surface area contributed by atoms with E-state index in [1.165, 1.54) is 6.92 Å². The number of benzene rings is 1. The molecule has 1 amide bonds. The Labute approximate surface area is 134 Å². The van der Waals surface area contributed by atoms with E-state index in [2.05, 4.69) is 15.0 Å². The van der Waals surface area contributed by atoms with Crippen molar-refractivity contribution in [1.82, 2.24) is 5.16 Å². The quantitative estimate of drug-likeness (QED) is 0.907. The average molecular weight is 318 g/mol. The number of hydrogen-bond acceptors (Lipinski definition) is 5. The zero-order chi connectivity index (χ0) is 17.4. The molecular weight excluding hydrogens is 296 g/mol. The van der Waals surface area contributed by atoms with Crippen LogP contribution in [0.4, 0.5) is 5.69 Å². The van der Waals surface area contributed by atoms with E-state index in [4.69, 9.17) is 0 Å². The van der Waals surface area contributed by atoms with Crippen LogP contribution in [0.3, 0.4) is 0 Å². The number of nitrogens with one attached hydrogen (secondary N) is 1. The molecule has 23 heavy (non-hydrogen) atoms. The van der Waals surface area contributed by atoms with Gasteiger partial charge in [0.1, 0.15) is 5.60 Å². The number of amides is 1. The molecule has 124 valence electrons. The molecule has 2 N–H and O–H groups in total. The molecule has 1 atom stereocenters. The van der Waals surface area contributed by atoms with Crippen molar-refractivity contribution in [3.63, 3.8) is 0 Å². The molecular formula is C17H22N2O4. The Morgan fingerprint density at radius 2 is 1.91 bits per heavy atom. The van der Waals surface area contributed by atoms with E-state index in [1.54, 1.807) is 25.1 Å². The fourth-order valence-corrected chi connectivity index (χ4v) is 2.69. The monoisotopic (exact) mass is 318 g/mol. The van der Waals surface area contributed by atoms with E-state index in [-0.39, 0.29) is 5.41 Å². The van der Waals surface area contributed by atoms with Gasteiger partial charge in [0.05, 0.1) is 11.1 Å². The van der Waals surface area contributed by atoms with Gasteiger partial charge < -0.3 is 14.9 Å². The van der Waals surface area contributed by atoms with Crippen LogP contribution >= 0.6 is 0 Å². The molecule has 1 unspecified atom stereocenters. The van der Waals surface area contributed by atoms with Crippen molar-refractivity contribution >= 4 is 22.4 Å². The summed E-state index contributed by atoms with van der Waals surface area (Å²) in [5.74, 6) is -0.486. The minimum absolute atomic E-state index is 0.191. The fraction of sp³-hybridized carbons (Fsp3) is 0.471. The molecule has 0 aliphatic carbocycles. The number of nitrogens with zero attached hydrogens (tertiary/aromatic N) is 1. The molecule has 1 aromatic heterocycles. The second-order valence-corrected chi connectivity index (χ2v) is 7.28. The maximum atomic E-state index is 12.3. The summed E-state index contributed by atoms with van der Waals surface area (Å²) in [6, 6.07) is 4.83. The van der Waals surface area contributed by atoms with Gasteiger partial charge in [-0.2, -0.15) is 0 Å². The van der Waals surface area contributed by atoms with Crippen LogP contribution in [0.5, 0.6) is 0 Å². The number of aryl methyl sites for hydroxylation is 1. The van der Waals surface area contributed by atoms with Crippen molar-refractivity contribution in [2.24, 2.45) is 5.41 Å². The molecule has 0 spiro atoms. The molecule has 2 aromatic rings. The molecule has 1 aromatic carbocycles. The summed E-state index contributed by atoms with van der Waals surface area (Å²) >= 11 is 0. The highest BCUT2D eigenvalue weighted by Crippen LogP contribution is 2.28. The molecule has 0 saturated carbocycles. The summed E-state index contributed by atoms with van der Waals surface area (Å²) in [6.45, 7) is 9.08. The molecule has 0 aliphatic heterocycles. The van der Waals surface area contributed by atoms with E-state index in [1.807, 2.05) is 20.8 Å². The molecule has 2 rings (SSSR count). The van der Waals surface area contributed by atoms with E-state index in [0.717, 1.165) is 0 Å². The number of rotatable bonds is 3. The van der Waals surface area contributed by atoms with Crippen molar-refractivity contribution < 1.29 is 14.4 Å². The molecule has 0 bridgehead atoms. The highest BCUT2D eigenvalue weighted by Gasteiger charge is 2.34. The van der Waals surface area contributed by atoms with Crippen LogP contribution in [-0.4, -0.2) is 21.8 Å². The standard InChI is InChI=1S/C17H22N2O4/c1-10-13-8-11(6-7-12(13)14(20)23-19-10)18-15(21)17(5,22)9-16(2,3)4/h6-8,22H,9H2,1-5H3,(H,18,21). The topological polar surface area (TPSA) is 92.4 Å². The van der Waals surface area contributed by atoms with Gasteiger partial charge in [-0.15, -0.1) is 0 Å². The largest absolute Gasteiger partial charge is 0.380 e. The summed E-state index contributed by atoms with van der Waals surface area (Å²) in [5.41, 5.74) is -1.16. The molecule has 1 heterocycles. The third-order valence-corrected chi connectivity index (χ3v) is 3.52. The van der Waals surface area contributed by atoms with Crippen molar-refractivity contribution in [2.75, 3.05) is 5.32 Å². The maximum absolute atomic E-state index is 12.3.